The number of carboxylic acids is 1. The van der Waals surface area contributed by atoms with Crippen LogP contribution < -0.4 is 5.32 Å². The molecule has 1 rings (SSSR count). The van der Waals surface area contributed by atoms with Crippen molar-refractivity contribution >= 4 is 18.0 Å². The van der Waals surface area contributed by atoms with E-state index >= 15 is 0 Å². The Morgan fingerprint density at radius 1 is 1.56 bits per heavy atom. The number of aryl methyl sites for hydroxylation is 1. The minimum Gasteiger partial charge on any atom is -0.481 e. The fourth-order valence-electron chi connectivity index (χ4n) is 1.50. The lowest BCUT2D eigenvalue weighted by Gasteiger charge is -2.23. The van der Waals surface area contributed by atoms with Crippen LogP contribution in [0.1, 0.15) is 25.8 Å². The maximum Gasteiger partial charge on any atom is 0.305 e. The Morgan fingerprint density at radius 2 is 2.22 bits per heavy atom. The number of aliphatic carboxylic acids is 1. The van der Waals surface area contributed by atoms with Gasteiger partial charge >= 0.3 is 5.97 Å². The predicted molar refractivity (Wildman–Crippen MR) is 66.7 cm³/mol. The molecule has 0 aliphatic heterocycles. The van der Waals surface area contributed by atoms with Gasteiger partial charge in [-0.2, -0.15) is 5.10 Å². The van der Waals surface area contributed by atoms with E-state index < -0.39 is 11.5 Å². The number of carboxylic acid groups (broad SMARTS) is 1. The van der Waals surface area contributed by atoms with Crippen molar-refractivity contribution in [3.05, 3.63) is 24.0 Å². The number of nitrogens with one attached hydrogen (secondary N) is 1. The smallest absolute Gasteiger partial charge is 0.305 e. The molecule has 0 aliphatic carbocycles. The molecule has 0 spiro atoms. The van der Waals surface area contributed by atoms with Crippen molar-refractivity contribution in [3.8, 4) is 0 Å². The van der Waals surface area contributed by atoms with Crippen molar-refractivity contribution in [2.24, 2.45) is 7.05 Å². The third-order valence-electron chi connectivity index (χ3n) is 2.21. The predicted octanol–water partition coefficient (Wildman–Crippen LogP) is 0.803. The first-order chi connectivity index (χ1) is 8.28. The van der Waals surface area contributed by atoms with Gasteiger partial charge in [0.25, 0.3) is 0 Å². The molecule has 6 heteroatoms. The molecular formula is C12H17N3O3. The lowest BCUT2D eigenvalue weighted by molar-refractivity contribution is -0.138. The number of nitrogens with zero attached hydrogens (tertiary/aromatic N) is 2. The van der Waals surface area contributed by atoms with Crippen LogP contribution >= 0.6 is 0 Å². The van der Waals surface area contributed by atoms with E-state index in [1.165, 1.54) is 6.08 Å². The number of amides is 1. The zero-order valence-corrected chi connectivity index (χ0v) is 10.7. The van der Waals surface area contributed by atoms with Crippen LogP contribution in [0.25, 0.3) is 6.08 Å². The van der Waals surface area contributed by atoms with Crippen LogP contribution in [0.4, 0.5) is 0 Å². The zero-order chi connectivity index (χ0) is 13.8. The standard InChI is InChI=1S/C12H17N3O3/c1-12(2,6-11(17)18)14-10(16)5-4-9-7-13-15(3)8-9/h4-5,7-8H,6H2,1-3H3,(H,14,16)(H,17,18). The van der Waals surface area contributed by atoms with E-state index in [0.29, 0.717) is 0 Å². The summed E-state index contributed by atoms with van der Waals surface area (Å²) < 4.78 is 1.63. The summed E-state index contributed by atoms with van der Waals surface area (Å²) in [6, 6.07) is 0. The van der Waals surface area contributed by atoms with Crippen LogP contribution in [0.15, 0.2) is 18.5 Å². The second kappa shape index (κ2) is 5.48. The van der Waals surface area contributed by atoms with Gasteiger partial charge in [0, 0.05) is 30.4 Å². The van der Waals surface area contributed by atoms with E-state index in [-0.39, 0.29) is 12.3 Å². The van der Waals surface area contributed by atoms with Crippen molar-refractivity contribution in [2.45, 2.75) is 25.8 Å². The van der Waals surface area contributed by atoms with Crippen molar-refractivity contribution in [1.29, 1.82) is 0 Å². The number of aromatic nitrogens is 2. The van der Waals surface area contributed by atoms with Gasteiger partial charge in [0.2, 0.25) is 5.91 Å². The van der Waals surface area contributed by atoms with Crippen molar-refractivity contribution in [1.82, 2.24) is 15.1 Å². The van der Waals surface area contributed by atoms with E-state index in [9.17, 15) is 9.59 Å². The normalized spacial score (nSPS) is 11.7. The van der Waals surface area contributed by atoms with E-state index in [0.717, 1.165) is 5.56 Å². The molecule has 0 bridgehead atoms. The molecule has 0 unspecified atom stereocenters. The Morgan fingerprint density at radius 3 is 2.72 bits per heavy atom. The number of hydrogen-bond donors (Lipinski definition) is 2. The molecule has 1 amide bonds. The van der Waals surface area contributed by atoms with Gasteiger partial charge in [0.1, 0.15) is 0 Å². The molecule has 0 radical (unpaired) electrons. The molecule has 98 valence electrons. The summed E-state index contributed by atoms with van der Waals surface area (Å²) in [6.45, 7) is 3.33. The average Bonchev–Trinajstić information content (AvgIpc) is 2.58. The van der Waals surface area contributed by atoms with Gasteiger partial charge in [-0.25, -0.2) is 0 Å². The monoisotopic (exact) mass is 251 g/mol. The number of rotatable bonds is 5. The Bertz CT molecular complexity index is 475. The van der Waals surface area contributed by atoms with E-state index in [4.69, 9.17) is 5.11 Å². The molecule has 0 aromatic carbocycles. The first-order valence-corrected chi connectivity index (χ1v) is 5.49. The summed E-state index contributed by atoms with van der Waals surface area (Å²) in [6.07, 6.45) is 6.26. The van der Waals surface area contributed by atoms with Gasteiger partial charge in [0.15, 0.2) is 0 Å². The third kappa shape index (κ3) is 4.82. The van der Waals surface area contributed by atoms with E-state index in [1.54, 1.807) is 44.0 Å². The zero-order valence-electron chi connectivity index (χ0n) is 10.7. The third-order valence-corrected chi connectivity index (χ3v) is 2.21. The van der Waals surface area contributed by atoms with E-state index in [1.807, 2.05) is 0 Å². The molecule has 0 saturated carbocycles. The van der Waals surface area contributed by atoms with Crippen molar-refractivity contribution < 1.29 is 14.7 Å². The van der Waals surface area contributed by atoms with Crippen LogP contribution in [0.3, 0.4) is 0 Å². The highest BCUT2D eigenvalue weighted by Gasteiger charge is 2.22. The summed E-state index contributed by atoms with van der Waals surface area (Å²) in [7, 11) is 1.79. The van der Waals surface area contributed by atoms with Crippen molar-refractivity contribution in [3.63, 3.8) is 0 Å². The fraction of sp³-hybridized carbons (Fsp3) is 0.417. The Balaban J connectivity index is 2.56. The topological polar surface area (TPSA) is 84.2 Å². The van der Waals surface area contributed by atoms with Crippen LogP contribution in [-0.4, -0.2) is 32.3 Å². The van der Waals surface area contributed by atoms with Gasteiger partial charge in [-0.05, 0) is 19.9 Å². The average molecular weight is 251 g/mol. The van der Waals surface area contributed by atoms with Crippen LogP contribution in [-0.2, 0) is 16.6 Å². The molecule has 0 atom stereocenters. The molecule has 1 aromatic rings. The Kier molecular flexibility index (Phi) is 4.25. The summed E-state index contributed by atoms with van der Waals surface area (Å²) in [5.41, 5.74) is 0.0334. The maximum atomic E-state index is 11.6. The van der Waals surface area contributed by atoms with Gasteiger partial charge in [-0.3, -0.25) is 14.3 Å². The first kappa shape index (κ1) is 14.0. The highest BCUT2D eigenvalue weighted by atomic mass is 16.4. The van der Waals surface area contributed by atoms with Crippen LogP contribution in [0.2, 0.25) is 0 Å². The van der Waals surface area contributed by atoms with E-state index in [2.05, 4.69) is 10.4 Å². The minimum atomic E-state index is -0.948. The fourth-order valence-corrected chi connectivity index (χ4v) is 1.50. The molecule has 0 fully saturated rings. The number of carbonyl (C=O) groups excluding carboxylic acids is 1. The van der Waals surface area contributed by atoms with Crippen LogP contribution in [0.5, 0.6) is 0 Å². The van der Waals surface area contributed by atoms with Crippen molar-refractivity contribution in [2.75, 3.05) is 0 Å². The molecule has 1 heterocycles. The first-order valence-electron chi connectivity index (χ1n) is 5.49. The number of hydrogen-bond acceptors (Lipinski definition) is 3. The molecule has 6 nitrogen and oxygen atoms in total. The molecule has 2 N–H and O–H groups in total. The minimum absolute atomic E-state index is 0.126. The molecular weight excluding hydrogens is 234 g/mol. The highest BCUT2D eigenvalue weighted by molar-refractivity contribution is 5.92. The van der Waals surface area contributed by atoms with Crippen LogP contribution in [0, 0.1) is 0 Å². The Labute approximate surface area is 105 Å². The van der Waals surface area contributed by atoms with Gasteiger partial charge < -0.3 is 10.4 Å². The summed E-state index contributed by atoms with van der Waals surface area (Å²) in [5, 5.41) is 15.3. The lowest BCUT2D eigenvalue weighted by atomic mass is 10.0. The molecule has 18 heavy (non-hydrogen) atoms. The number of carbonyl (C=O) groups is 2. The Hall–Kier alpha value is -2.11. The van der Waals surface area contributed by atoms with Gasteiger partial charge in [-0.15, -0.1) is 0 Å². The summed E-state index contributed by atoms with van der Waals surface area (Å²) >= 11 is 0. The molecule has 0 saturated heterocycles. The largest absolute Gasteiger partial charge is 0.481 e. The SMILES string of the molecule is Cn1cc(C=CC(=O)NC(C)(C)CC(=O)O)cn1. The summed E-state index contributed by atoms with van der Waals surface area (Å²) in [5.74, 6) is -1.28. The highest BCUT2D eigenvalue weighted by Crippen LogP contribution is 2.08. The maximum absolute atomic E-state index is 11.6. The summed E-state index contributed by atoms with van der Waals surface area (Å²) in [4.78, 5) is 22.2. The quantitative estimate of drug-likeness (QED) is 0.758. The molecule has 1 aromatic heterocycles. The van der Waals surface area contributed by atoms with Gasteiger partial charge in [0.05, 0.1) is 12.6 Å². The second-order valence-corrected chi connectivity index (χ2v) is 4.72. The second-order valence-electron chi connectivity index (χ2n) is 4.72. The lowest BCUT2D eigenvalue weighted by Crippen LogP contribution is -2.44. The van der Waals surface area contributed by atoms with Gasteiger partial charge in [-0.1, -0.05) is 0 Å². The molecule has 0 aliphatic rings.